The van der Waals surface area contributed by atoms with Gasteiger partial charge in [-0.3, -0.25) is 9.59 Å². The second-order valence-electron chi connectivity index (χ2n) is 8.19. The van der Waals surface area contributed by atoms with Gasteiger partial charge in [0.1, 0.15) is 22.2 Å². The first-order chi connectivity index (χ1) is 15.5. The topological polar surface area (TPSA) is 79.2 Å². The summed E-state index contributed by atoms with van der Waals surface area (Å²) in [6.07, 6.45) is 1.18. The number of rotatable bonds is 8. The molecule has 0 aliphatic heterocycles. The van der Waals surface area contributed by atoms with E-state index in [1.807, 2.05) is 35.0 Å². The molecule has 1 aliphatic rings. The van der Waals surface area contributed by atoms with Crippen molar-refractivity contribution < 1.29 is 9.21 Å². The molecule has 2 atom stereocenters. The summed E-state index contributed by atoms with van der Waals surface area (Å²) in [4.78, 5) is 36.2. The number of aromatic nitrogens is 2. The molecule has 0 unspecified atom stereocenters. The zero-order chi connectivity index (χ0) is 22.2. The fourth-order valence-electron chi connectivity index (χ4n) is 3.74. The average molecular weight is 486 g/mol. The number of nitrogens with zero attached hydrogens (tertiary/aromatic N) is 2. The SMILES string of the molecule is C[C@@H]1C[C@@H]1c1ccc(CN(C)C(=O)CSCc2nc3scc(-c4cccs4)c3c(=O)[nH]2)o1. The number of hydrogen-bond donors (Lipinski definition) is 1. The number of hydrogen-bond acceptors (Lipinski definition) is 7. The molecule has 0 spiro atoms. The van der Waals surface area contributed by atoms with Gasteiger partial charge in [-0.05, 0) is 35.9 Å². The Morgan fingerprint density at radius 3 is 2.94 bits per heavy atom. The van der Waals surface area contributed by atoms with Gasteiger partial charge < -0.3 is 14.3 Å². The molecule has 0 saturated heterocycles. The lowest BCUT2D eigenvalue weighted by Gasteiger charge is -2.15. The number of furan rings is 1. The van der Waals surface area contributed by atoms with Crippen LogP contribution >= 0.6 is 34.4 Å². The molecule has 4 aromatic heterocycles. The Bertz CT molecular complexity index is 1300. The van der Waals surface area contributed by atoms with E-state index in [0.717, 1.165) is 26.8 Å². The largest absolute Gasteiger partial charge is 0.464 e. The van der Waals surface area contributed by atoms with Crippen LogP contribution in [0.1, 0.15) is 36.6 Å². The van der Waals surface area contributed by atoms with Crippen LogP contribution in [0.2, 0.25) is 0 Å². The van der Waals surface area contributed by atoms with Gasteiger partial charge in [0.15, 0.2) is 0 Å². The lowest BCUT2D eigenvalue weighted by atomic mass is 10.2. The van der Waals surface area contributed by atoms with Gasteiger partial charge in [-0.25, -0.2) is 4.98 Å². The predicted octanol–water partition coefficient (Wildman–Crippen LogP) is 5.32. The summed E-state index contributed by atoms with van der Waals surface area (Å²) in [7, 11) is 1.79. The predicted molar refractivity (Wildman–Crippen MR) is 131 cm³/mol. The van der Waals surface area contributed by atoms with Crippen molar-refractivity contribution in [1.29, 1.82) is 0 Å². The van der Waals surface area contributed by atoms with Crippen molar-refractivity contribution in [1.82, 2.24) is 14.9 Å². The van der Waals surface area contributed by atoms with Crippen LogP contribution < -0.4 is 5.56 Å². The van der Waals surface area contributed by atoms with E-state index in [2.05, 4.69) is 16.9 Å². The second-order valence-corrected chi connectivity index (χ2v) is 11.0. The first kappa shape index (κ1) is 21.5. The number of thioether (sulfide) groups is 1. The maximum atomic E-state index is 12.7. The molecule has 4 heterocycles. The van der Waals surface area contributed by atoms with Gasteiger partial charge >= 0.3 is 0 Å². The van der Waals surface area contributed by atoms with Gasteiger partial charge in [0.2, 0.25) is 5.91 Å². The van der Waals surface area contributed by atoms with E-state index in [4.69, 9.17) is 4.42 Å². The Labute approximate surface area is 197 Å². The molecule has 1 N–H and O–H groups in total. The summed E-state index contributed by atoms with van der Waals surface area (Å²) >= 11 is 4.53. The van der Waals surface area contributed by atoms with Gasteiger partial charge in [-0.1, -0.05) is 13.0 Å². The maximum Gasteiger partial charge on any atom is 0.260 e. The van der Waals surface area contributed by atoms with Crippen molar-refractivity contribution in [3.8, 4) is 10.4 Å². The van der Waals surface area contributed by atoms with Crippen LogP contribution in [-0.2, 0) is 17.1 Å². The molecular weight excluding hydrogens is 462 g/mol. The highest BCUT2D eigenvalue weighted by molar-refractivity contribution is 7.99. The standard InChI is InChI=1S/C23H23N3O3S3/c1-13-8-15(13)17-6-5-14(29-17)9-26(2)20(27)12-30-11-19-24-22(28)21-16(10-32-23(21)25-19)18-4-3-7-31-18/h3-7,10,13,15H,8-9,11-12H2,1-2H3,(H,24,25,28)/t13-,15+/m1/s1. The third-order valence-electron chi connectivity index (χ3n) is 5.72. The van der Waals surface area contributed by atoms with Gasteiger partial charge in [-0.2, -0.15) is 0 Å². The lowest BCUT2D eigenvalue weighted by Crippen LogP contribution is -2.27. The number of nitrogens with one attached hydrogen (secondary N) is 1. The van der Waals surface area contributed by atoms with Crippen LogP contribution in [0.5, 0.6) is 0 Å². The van der Waals surface area contributed by atoms with Crippen molar-refractivity contribution in [3.05, 3.63) is 62.7 Å². The van der Waals surface area contributed by atoms with E-state index in [1.54, 1.807) is 23.3 Å². The van der Waals surface area contributed by atoms with Crippen LogP contribution in [0.4, 0.5) is 0 Å². The lowest BCUT2D eigenvalue weighted by molar-refractivity contribution is -0.127. The van der Waals surface area contributed by atoms with Crippen LogP contribution in [-0.4, -0.2) is 33.6 Å². The summed E-state index contributed by atoms with van der Waals surface area (Å²) in [6, 6.07) is 7.98. The molecule has 9 heteroatoms. The monoisotopic (exact) mass is 485 g/mol. The van der Waals surface area contributed by atoms with Gasteiger partial charge in [0.25, 0.3) is 5.56 Å². The van der Waals surface area contributed by atoms with Gasteiger partial charge in [0.05, 0.1) is 23.4 Å². The summed E-state index contributed by atoms with van der Waals surface area (Å²) in [5, 5.41) is 4.62. The van der Waals surface area contributed by atoms with E-state index in [9.17, 15) is 9.59 Å². The molecule has 1 saturated carbocycles. The summed E-state index contributed by atoms with van der Waals surface area (Å²) in [6.45, 7) is 2.68. The molecule has 166 valence electrons. The molecule has 0 bridgehead atoms. The van der Waals surface area contributed by atoms with Gasteiger partial charge in [0, 0.05) is 28.8 Å². The molecule has 1 amide bonds. The van der Waals surface area contributed by atoms with Crippen molar-refractivity contribution >= 4 is 50.6 Å². The molecule has 4 aromatic rings. The van der Waals surface area contributed by atoms with Crippen molar-refractivity contribution in [3.63, 3.8) is 0 Å². The Morgan fingerprint density at radius 1 is 1.34 bits per heavy atom. The molecule has 32 heavy (non-hydrogen) atoms. The number of thiophene rings is 2. The maximum absolute atomic E-state index is 12.7. The quantitative estimate of drug-likeness (QED) is 0.365. The number of carbonyl (C=O) groups is 1. The van der Waals surface area contributed by atoms with Crippen molar-refractivity contribution in [2.75, 3.05) is 12.8 Å². The van der Waals surface area contributed by atoms with Crippen molar-refractivity contribution in [2.24, 2.45) is 5.92 Å². The number of amides is 1. The number of fused-ring (bicyclic) bond motifs is 1. The first-order valence-electron chi connectivity index (χ1n) is 10.4. The fraction of sp³-hybridized carbons (Fsp3) is 0.348. The molecule has 1 fully saturated rings. The third-order valence-corrected chi connectivity index (χ3v) is 8.42. The van der Waals surface area contributed by atoms with Crippen LogP contribution in [0.15, 0.2) is 44.2 Å². The zero-order valence-corrected chi connectivity index (χ0v) is 20.2. The molecule has 0 aromatic carbocycles. The fourth-order valence-corrected chi connectivity index (χ4v) is 6.35. The average Bonchev–Trinajstić information content (AvgIpc) is 3.23. The third kappa shape index (κ3) is 4.42. The Morgan fingerprint density at radius 2 is 2.19 bits per heavy atom. The molecule has 6 nitrogen and oxygen atoms in total. The number of H-pyrrole nitrogens is 1. The summed E-state index contributed by atoms with van der Waals surface area (Å²) in [5.41, 5.74) is 0.805. The molecule has 0 radical (unpaired) electrons. The van der Waals surface area contributed by atoms with Crippen LogP contribution in [0, 0.1) is 5.92 Å². The first-order valence-corrected chi connectivity index (χ1v) is 13.4. The van der Waals surface area contributed by atoms with Crippen molar-refractivity contribution in [2.45, 2.75) is 31.6 Å². The minimum Gasteiger partial charge on any atom is -0.464 e. The van der Waals surface area contributed by atoms with E-state index in [-0.39, 0.29) is 11.5 Å². The Kier molecular flexibility index (Phi) is 5.96. The second kappa shape index (κ2) is 8.88. The Balaban J connectivity index is 1.17. The van der Waals surface area contributed by atoms with E-state index in [0.29, 0.717) is 41.1 Å². The normalized spacial score (nSPS) is 17.7. The molecular formula is C23H23N3O3S3. The van der Waals surface area contributed by atoms with E-state index >= 15 is 0 Å². The highest BCUT2D eigenvalue weighted by Gasteiger charge is 2.36. The van der Waals surface area contributed by atoms with Gasteiger partial charge in [-0.15, -0.1) is 34.4 Å². The van der Waals surface area contributed by atoms with E-state index < -0.39 is 0 Å². The highest BCUT2D eigenvalue weighted by atomic mass is 32.2. The zero-order valence-electron chi connectivity index (χ0n) is 17.8. The number of carbonyl (C=O) groups excluding carboxylic acids is 1. The highest BCUT2D eigenvalue weighted by Crippen LogP contribution is 2.47. The van der Waals surface area contributed by atoms with Crippen LogP contribution in [0.3, 0.4) is 0 Å². The molecule has 1 aliphatic carbocycles. The van der Waals surface area contributed by atoms with Crippen LogP contribution in [0.25, 0.3) is 20.7 Å². The minimum absolute atomic E-state index is 0.0206. The smallest absolute Gasteiger partial charge is 0.260 e. The number of aromatic amines is 1. The molecule has 5 rings (SSSR count). The van der Waals surface area contributed by atoms with E-state index in [1.165, 1.54) is 29.5 Å². The summed E-state index contributed by atoms with van der Waals surface area (Å²) in [5.74, 6) is 4.49. The Hall–Kier alpha value is -2.36. The minimum atomic E-state index is -0.128. The summed E-state index contributed by atoms with van der Waals surface area (Å²) < 4.78 is 5.91.